The van der Waals surface area contributed by atoms with Crippen molar-refractivity contribution in [3.63, 3.8) is 0 Å². The Morgan fingerprint density at radius 3 is 2.47 bits per heavy atom. The van der Waals surface area contributed by atoms with Gasteiger partial charge in [0.15, 0.2) is 11.3 Å². The molecule has 3 aromatic rings. The monoisotopic (exact) mass is 638 g/mol. The number of urea groups is 1. The van der Waals surface area contributed by atoms with Crippen LogP contribution in [0.25, 0.3) is 11.1 Å². The minimum atomic E-state index is -4.61. The molecule has 2 saturated carbocycles. The first kappa shape index (κ1) is 29.9. The van der Waals surface area contributed by atoms with Crippen LogP contribution in [0.1, 0.15) is 91.0 Å². The number of amides is 3. The molecule has 16 heteroatoms. The van der Waals surface area contributed by atoms with Crippen molar-refractivity contribution < 1.29 is 45.3 Å². The Kier molecular flexibility index (Phi) is 7.24. The molecule has 4 aliphatic rings. The number of oxazole rings is 1. The number of aromatic nitrogens is 3. The molecule has 0 spiro atoms. The van der Waals surface area contributed by atoms with Crippen molar-refractivity contribution in [3.8, 4) is 0 Å². The van der Waals surface area contributed by atoms with E-state index in [1.807, 2.05) is 0 Å². The zero-order chi connectivity index (χ0) is 31.6. The number of hydrogen-bond donors (Lipinski definition) is 2. The Morgan fingerprint density at radius 1 is 1.07 bits per heavy atom. The van der Waals surface area contributed by atoms with Crippen LogP contribution in [0.15, 0.2) is 27.2 Å². The summed E-state index contributed by atoms with van der Waals surface area (Å²) in [5.41, 5.74) is 0.641. The van der Waals surface area contributed by atoms with Gasteiger partial charge >= 0.3 is 12.2 Å². The summed E-state index contributed by atoms with van der Waals surface area (Å²) in [5.74, 6) is -3.62. The third-order valence-corrected chi connectivity index (χ3v) is 9.56. The lowest BCUT2D eigenvalue weighted by Crippen LogP contribution is -2.51. The minimum Gasteiger partial charge on any atom is -0.438 e. The van der Waals surface area contributed by atoms with Crippen LogP contribution in [0.2, 0.25) is 0 Å². The molecule has 2 N–H and O–H groups in total. The summed E-state index contributed by atoms with van der Waals surface area (Å²) >= 11 is 0. The molecule has 2 aliphatic heterocycles. The second-order valence-corrected chi connectivity index (χ2v) is 12.4. The molecule has 2 saturated heterocycles. The molecule has 7 rings (SSSR count). The Morgan fingerprint density at radius 2 is 1.80 bits per heavy atom. The summed E-state index contributed by atoms with van der Waals surface area (Å²) in [6.07, 6.45) is -2.84. The average molecular weight is 639 g/mol. The molecule has 242 valence electrons. The summed E-state index contributed by atoms with van der Waals surface area (Å²) < 4.78 is 85.3. The number of ether oxygens (including phenoxy) is 1. The van der Waals surface area contributed by atoms with E-state index in [1.165, 1.54) is 4.90 Å². The lowest BCUT2D eigenvalue weighted by atomic mass is 9.81. The lowest BCUT2D eigenvalue weighted by molar-refractivity contribution is -0.151. The van der Waals surface area contributed by atoms with Crippen molar-refractivity contribution >= 4 is 23.0 Å². The van der Waals surface area contributed by atoms with E-state index in [0.29, 0.717) is 22.4 Å². The summed E-state index contributed by atoms with van der Waals surface area (Å²) in [5, 5.41) is 12.6. The fourth-order valence-electron chi connectivity index (χ4n) is 6.85. The smallest absolute Gasteiger partial charge is 0.410 e. The largest absolute Gasteiger partial charge is 0.438 e. The van der Waals surface area contributed by atoms with Crippen LogP contribution in [0, 0.1) is 5.92 Å². The van der Waals surface area contributed by atoms with Gasteiger partial charge in [0.25, 0.3) is 5.91 Å². The summed E-state index contributed by atoms with van der Waals surface area (Å²) in [6, 6.07) is 1.29. The number of carbonyl (C=O) groups excluding carboxylic acids is 2. The van der Waals surface area contributed by atoms with Gasteiger partial charge in [-0.2, -0.15) is 13.2 Å². The van der Waals surface area contributed by atoms with E-state index in [1.54, 1.807) is 18.2 Å². The highest BCUT2D eigenvalue weighted by Gasteiger charge is 2.53. The number of hydrogen-bond acceptors (Lipinski definition) is 8. The highest BCUT2D eigenvalue weighted by Crippen LogP contribution is 2.45. The molecule has 2 atom stereocenters. The number of halogens is 5. The van der Waals surface area contributed by atoms with Crippen molar-refractivity contribution in [1.82, 2.24) is 30.8 Å². The Labute approximate surface area is 253 Å². The van der Waals surface area contributed by atoms with Crippen LogP contribution in [0.3, 0.4) is 0 Å². The van der Waals surface area contributed by atoms with Crippen molar-refractivity contribution in [2.45, 2.75) is 87.0 Å². The van der Waals surface area contributed by atoms with Gasteiger partial charge in [0.05, 0.1) is 12.1 Å². The second kappa shape index (κ2) is 10.9. The van der Waals surface area contributed by atoms with Crippen molar-refractivity contribution in [2.75, 3.05) is 19.8 Å². The fourth-order valence-corrected chi connectivity index (χ4v) is 6.85. The quantitative estimate of drug-likeness (QED) is 0.331. The van der Waals surface area contributed by atoms with Crippen LogP contribution >= 0.6 is 0 Å². The van der Waals surface area contributed by atoms with Gasteiger partial charge < -0.3 is 24.7 Å². The second-order valence-electron chi connectivity index (χ2n) is 12.4. The Balaban J connectivity index is 1.22. The van der Waals surface area contributed by atoms with Crippen LogP contribution in [-0.2, 0) is 10.3 Å². The highest BCUT2D eigenvalue weighted by molar-refractivity contribution is 5.93. The third kappa shape index (κ3) is 5.61. The first-order chi connectivity index (χ1) is 21.4. The normalized spacial score (nSPS) is 24.5. The summed E-state index contributed by atoms with van der Waals surface area (Å²) in [6.45, 7) is -0.0733. The Bertz CT molecular complexity index is 1590. The maximum absolute atomic E-state index is 14.1. The topological polar surface area (TPSA) is 136 Å². The zero-order valence-electron chi connectivity index (χ0n) is 24.0. The standard InChI is InChI=1S/C29H31F5N6O5/c30-28(31)7-5-16(6-8-28)22(37-24(41)23-21(15-1-2-15)38-45-39-23)25-35-18-13-17(3-4-19(18)44-25)27(9-11-43-12-10-27)40-14-20(29(32,33)34)36-26(40)42/h3-4,13,15-16,20,22H,1-2,5-12,14H2,(H,36,42)(H,37,41)/t20-,22-/m0/s1. The Hall–Kier alpha value is -3.82. The highest BCUT2D eigenvalue weighted by atomic mass is 19.4. The number of carbonyl (C=O) groups is 2. The average Bonchev–Trinajstić information content (AvgIpc) is 3.37. The van der Waals surface area contributed by atoms with Crippen LogP contribution in [0.4, 0.5) is 26.7 Å². The van der Waals surface area contributed by atoms with Gasteiger partial charge in [0.1, 0.15) is 23.3 Å². The fraction of sp³-hybridized carbons (Fsp3) is 0.621. The number of fused-ring (bicyclic) bond motifs is 1. The SMILES string of the molecule is O=C(N[C@H](c1nc2cc(C3(N4C[C@@H](C(F)(F)F)NC4=O)CCOCC3)ccc2o1)C1CCC(F)(F)CC1)c1nonc1C1CC1. The van der Waals surface area contributed by atoms with Gasteiger partial charge in [-0.15, -0.1) is 0 Å². The molecule has 1 aromatic carbocycles. The molecule has 4 fully saturated rings. The molecule has 2 aliphatic carbocycles. The first-order valence-electron chi connectivity index (χ1n) is 15.1. The van der Waals surface area contributed by atoms with Crippen molar-refractivity contribution in [1.29, 1.82) is 0 Å². The van der Waals surface area contributed by atoms with E-state index in [4.69, 9.17) is 13.8 Å². The maximum Gasteiger partial charge on any atom is 0.410 e. The van der Waals surface area contributed by atoms with Crippen molar-refractivity contribution in [2.24, 2.45) is 5.92 Å². The van der Waals surface area contributed by atoms with Gasteiger partial charge in [0, 0.05) is 32.0 Å². The lowest BCUT2D eigenvalue weighted by Gasteiger charge is -2.44. The van der Waals surface area contributed by atoms with E-state index in [-0.39, 0.29) is 69.2 Å². The molecule has 3 amide bonds. The van der Waals surface area contributed by atoms with E-state index < -0.39 is 54.1 Å². The summed E-state index contributed by atoms with van der Waals surface area (Å²) in [4.78, 5) is 32.1. The number of rotatable bonds is 7. The predicted molar refractivity (Wildman–Crippen MR) is 144 cm³/mol. The van der Waals surface area contributed by atoms with Crippen molar-refractivity contribution in [3.05, 3.63) is 41.0 Å². The van der Waals surface area contributed by atoms with Crippen LogP contribution < -0.4 is 10.6 Å². The number of nitrogens with one attached hydrogen (secondary N) is 2. The predicted octanol–water partition coefficient (Wildman–Crippen LogP) is 5.35. The van der Waals surface area contributed by atoms with Gasteiger partial charge in [0.2, 0.25) is 11.8 Å². The maximum atomic E-state index is 14.1. The van der Waals surface area contributed by atoms with Crippen LogP contribution in [0.5, 0.6) is 0 Å². The van der Waals surface area contributed by atoms with E-state index in [9.17, 15) is 31.5 Å². The molecule has 0 radical (unpaired) electrons. The molecule has 2 aromatic heterocycles. The third-order valence-electron chi connectivity index (χ3n) is 9.56. The molecule has 0 bridgehead atoms. The number of alkyl halides is 5. The van der Waals surface area contributed by atoms with Gasteiger partial charge in [-0.25, -0.2) is 23.2 Å². The molecular weight excluding hydrogens is 607 g/mol. The van der Waals surface area contributed by atoms with Gasteiger partial charge in [-0.05, 0) is 67.3 Å². The molecule has 4 heterocycles. The number of benzene rings is 1. The van der Waals surface area contributed by atoms with E-state index in [2.05, 4.69) is 25.9 Å². The number of nitrogens with zero attached hydrogens (tertiary/aromatic N) is 4. The zero-order valence-corrected chi connectivity index (χ0v) is 24.0. The van der Waals surface area contributed by atoms with E-state index in [0.717, 1.165) is 12.8 Å². The van der Waals surface area contributed by atoms with E-state index >= 15 is 0 Å². The first-order valence-corrected chi connectivity index (χ1v) is 15.1. The van der Waals surface area contributed by atoms with Gasteiger partial charge in [-0.3, -0.25) is 4.79 Å². The molecular formula is C29H31F5N6O5. The molecule has 45 heavy (non-hydrogen) atoms. The van der Waals surface area contributed by atoms with Crippen LogP contribution in [-0.4, -0.2) is 70.0 Å². The van der Waals surface area contributed by atoms with Gasteiger partial charge in [-0.1, -0.05) is 11.2 Å². The summed E-state index contributed by atoms with van der Waals surface area (Å²) in [7, 11) is 0. The minimum absolute atomic E-state index is 0.0320. The molecule has 0 unspecified atom stereocenters. The molecule has 11 nitrogen and oxygen atoms in total.